The number of oxime groups is 1. The smallest absolute Gasteiger partial charge is 0.153 e. The molecule has 2 rings (SSSR count). The molecule has 1 aromatic rings. The predicted molar refractivity (Wildman–Crippen MR) is 85.4 cm³/mol. The van der Waals surface area contributed by atoms with Gasteiger partial charge in [0.25, 0.3) is 0 Å². The Morgan fingerprint density at radius 1 is 1.29 bits per heavy atom. The lowest BCUT2D eigenvalue weighted by Gasteiger charge is -2.18. The van der Waals surface area contributed by atoms with Crippen LogP contribution in [0.1, 0.15) is 31.2 Å². The molecule has 21 heavy (non-hydrogen) atoms. The first-order chi connectivity index (χ1) is 10.1. The van der Waals surface area contributed by atoms with Gasteiger partial charge in [0.2, 0.25) is 0 Å². The van der Waals surface area contributed by atoms with Crippen molar-refractivity contribution in [1.82, 2.24) is 4.90 Å². The number of nitrogens with zero attached hydrogens (tertiary/aromatic N) is 2. The molecule has 1 aromatic carbocycles. The van der Waals surface area contributed by atoms with E-state index in [9.17, 15) is 4.39 Å². The predicted octanol–water partition coefficient (Wildman–Crippen LogP) is 3.25. The lowest BCUT2D eigenvalue weighted by molar-refractivity contribution is 0.128. The molecule has 4 nitrogen and oxygen atoms in total. The summed E-state index contributed by atoms with van der Waals surface area (Å²) >= 11 is 3.29. The minimum absolute atomic E-state index is 0.265. The molecule has 0 spiro atoms. The standard InChI is InChI=1S/C15H21BrFN3O/c16-14-9-13(17)6-5-12(14)11-21-19-15(18)10-20-7-3-1-2-4-8-20/h5-6,9H,1-4,7-8,10-11H2,(H2,18,19). The summed E-state index contributed by atoms with van der Waals surface area (Å²) in [6.45, 7) is 3.05. The van der Waals surface area contributed by atoms with Crippen molar-refractivity contribution in [3.8, 4) is 0 Å². The van der Waals surface area contributed by atoms with Crippen LogP contribution in [0.15, 0.2) is 27.8 Å². The third kappa shape index (κ3) is 5.63. The van der Waals surface area contributed by atoms with Crippen molar-refractivity contribution in [1.29, 1.82) is 0 Å². The number of rotatable bonds is 5. The SMILES string of the molecule is NC(CN1CCCCCC1)=NOCc1ccc(F)cc1Br. The zero-order valence-electron chi connectivity index (χ0n) is 12.0. The average molecular weight is 358 g/mol. The summed E-state index contributed by atoms with van der Waals surface area (Å²) in [6.07, 6.45) is 5.03. The van der Waals surface area contributed by atoms with Crippen LogP contribution in [0.5, 0.6) is 0 Å². The molecule has 0 saturated carbocycles. The van der Waals surface area contributed by atoms with E-state index in [1.165, 1.54) is 37.8 Å². The van der Waals surface area contributed by atoms with E-state index in [0.29, 0.717) is 16.9 Å². The molecule has 0 atom stereocenters. The molecule has 0 bridgehead atoms. The molecule has 1 saturated heterocycles. The number of nitrogens with two attached hydrogens (primary N) is 1. The minimum atomic E-state index is -0.283. The molecule has 2 N–H and O–H groups in total. The van der Waals surface area contributed by atoms with Crippen LogP contribution in [0.2, 0.25) is 0 Å². The molecule has 6 heteroatoms. The maximum Gasteiger partial charge on any atom is 0.153 e. The Morgan fingerprint density at radius 3 is 2.67 bits per heavy atom. The van der Waals surface area contributed by atoms with E-state index in [0.717, 1.165) is 18.7 Å². The van der Waals surface area contributed by atoms with Crippen molar-refractivity contribution in [3.63, 3.8) is 0 Å². The average Bonchev–Trinajstić information content (AvgIpc) is 2.70. The van der Waals surface area contributed by atoms with E-state index in [2.05, 4.69) is 26.0 Å². The van der Waals surface area contributed by atoms with Crippen LogP contribution in [0, 0.1) is 5.82 Å². The Morgan fingerprint density at radius 2 is 2.00 bits per heavy atom. The van der Waals surface area contributed by atoms with Gasteiger partial charge >= 0.3 is 0 Å². The van der Waals surface area contributed by atoms with E-state index >= 15 is 0 Å². The van der Waals surface area contributed by atoms with Crippen molar-refractivity contribution in [3.05, 3.63) is 34.1 Å². The molecule has 0 amide bonds. The normalized spacial score (nSPS) is 17.5. The van der Waals surface area contributed by atoms with E-state index < -0.39 is 0 Å². The number of hydrogen-bond donors (Lipinski definition) is 1. The molecule has 0 aromatic heterocycles. The topological polar surface area (TPSA) is 50.8 Å². The Labute approximate surface area is 133 Å². The van der Waals surface area contributed by atoms with Crippen LogP contribution in [-0.4, -0.2) is 30.4 Å². The number of halogens is 2. The van der Waals surface area contributed by atoms with Crippen molar-refractivity contribution in [2.75, 3.05) is 19.6 Å². The number of benzene rings is 1. The van der Waals surface area contributed by atoms with Gasteiger partial charge in [0.05, 0.1) is 6.54 Å². The molecule has 116 valence electrons. The monoisotopic (exact) mass is 357 g/mol. The van der Waals surface area contributed by atoms with E-state index in [4.69, 9.17) is 10.6 Å². The van der Waals surface area contributed by atoms with Crippen LogP contribution >= 0.6 is 15.9 Å². The number of amidine groups is 1. The van der Waals surface area contributed by atoms with E-state index in [1.807, 2.05) is 0 Å². The van der Waals surface area contributed by atoms with Gasteiger partial charge in [0.1, 0.15) is 12.4 Å². The maximum absolute atomic E-state index is 13.0. The van der Waals surface area contributed by atoms with Gasteiger partial charge in [-0.3, -0.25) is 4.90 Å². The molecule has 1 heterocycles. The fraction of sp³-hybridized carbons (Fsp3) is 0.533. The highest BCUT2D eigenvalue weighted by Gasteiger charge is 2.10. The van der Waals surface area contributed by atoms with Crippen molar-refractivity contribution in [2.45, 2.75) is 32.3 Å². The number of hydrogen-bond acceptors (Lipinski definition) is 3. The second kappa shape index (κ2) is 8.34. The summed E-state index contributed by atoms with van der Waals surface area (Å²) in [5, 5.41) is 3.95. The summed E-state index contributed by atoms with van der Waals surface area (Å²) in [4.78, 5) is 7.57. The molecule has 0 radical (unpaired) electrons. The van der Waals surface area contributed by atoms with Gasteiger partial charge in [-0.25, -0.2) is 4.39 Å². The zero-order chi connectivity index (χ0) is 15.1. The number of likely N-dealkylation sites (tertiary alicyclic amines) is 1. The molecule has 0 aliphatic carbocycles. The largest absolute Gasteiger partial charge is 0.389 e. The first-order valence-electron chi connectivity index (χ1n) is 7.26. The summed E-state index contributed by atoms with van der Waals surface area (Å²) in [5.41, 5.74) is 6.73. The zero-order valence-corrected chi connectivity index (χ0v) is 13.6. The highest BCUT2D eigenvalue weighted by molar-refractivity contribution is 9.10. The van der Waals surface area contributed by atoms with Crippen molar-refractivity contribution < 1.29 is 9.23 Å². The van der Waals surface area contributed by atoms with Crippen molar-refractivity contribution >= 4 is 21.8 Å². The lowest BCUT2D eigenvalue weighted by atomic mass is 10.2. The maximum atomic E-state index is 13.0. The molecule has 1 fully saturated rings. The van der Waals surface area contributed by atoms with Gasteiger partial charge < -0.3 is 10.6 Å². The van der Waals surface area contributed by atoms with Crippen LogP contribution in [-0.2, 0) is 11.4 Å². The third-order valence-corrected chi connectivity index (χ3v) is 4.24. The highest BCUT2D eigenvalue weighted by atomic mass is 79.9. The van der Waals surface area contributed by atoms with Crippen LogP contribution in [0.4, 0.5) is 4.39 Å². The fourth-order valence-corrected chi connectivity index (χ4v) is 2.84. The highest BCUT2D eigenvalue weighted by Crippen LogP contribution is 2.18. The fourth-order valence-electron chi connectivity index (χ4n) is 2.38. The molecule has 0 unspecified atom stereocenters. The van der Waals surface area contributed by atoms with Gasteiger partial charge in [-0.15, -0.1) is 0 Å². The van der Waals surface area contributed by atoms with Crippen LogP contribution < -0.4 is 5.73 Å². The Hall–Kier alpha value is -1.14. The van der Waals surface area contributed by atoms with Gasteiger partial charge in [-0.1, -0.05) is 40.0 Å². The Kier molecular flexibility index (Phi) is 6.45. The van der Waals surface area contributed by atoms with Gasteiger partial charge in [-0.05, 0) is 38.1 Å². The lowest BCUT2D eigenvalue weighted by Crippen LogP contribution is -2.34. The van der Waals surface area contributed by atoms with E-state index in [-0.39, 0.29) is 12.4 Å². The third-order valence-electron chi connectivity index (χ3n) is 3.50. The Balaban J connectivity index is 1.79. The molecule has 1 aliphatic heterocycles. The van der Waals surface area contributed by atoms with Gasteiger partial charge in [0, 0.05) is 10.0 Å². The van der Waals surface area contributed by atoms with Gasteiger partial charge in [0.15, 0.2) is 5.84 Å². The second-order valence-electron chi connectivity index (χ2n) is 5.28. The summed E-state index contributed by atoms with van der Waals surface area (Å²) < 4.78 is 13.6. The van der Waals surface area contributed by atoms with E-state index in [1.54, 1.807) is 6.07 Å². The molecular formula is C15H21BrFN3O. The van der Waals surface area contributed by atoms with Crippen LogP contribution in [0.25, 0.3) is 0 Å². The van der Waals surface area contributed by atoms with Gasteiger partial charge in [-0.2, -0.15) is 0 Å². The van der Waals surface area contributed by atoms with Crippen LogP contribution in [0.3, 0.4) is 0 Å². The first kappa shape index (κ1) is 16.2. The summed E-state index contributed by atoms with van der Waals surface area (Å²) in [5.74, 6) is 0.199. The minimum Gasteiger partial charge on any atom is -0.389 e. The molecule has 1 aliphatic rings. The second-order valence-corrected chi connectivity index (χ2v) is 6.14. The quantitative estimate of drug-likeness (QED) is 0.499. The summed E-state index contributed by atoms with van der Waals surface area (Å²) in [6, 6.07) is 4.47. The van der Waals surface area contributed by atoms with Crippen molar-refractivity contribution in [2.24, 2.45) is 10.9 Å². The summed E-state index contributed by atoms with van der Waals surface area (Å²) in [7, 11) is 0. The Bertz CT molecular complexity index is 488. The first-order valence-corrected chi connectivity index (χ1v) is 8.05. The molecular weight excluding hydrogens is 337 g/mol.